The molecule has 0 aliphatic carbocycles. The van der Waals surface area contributed by atoms with Crippen molar-refractivity contribution in [1.82, 2.24) is 19.9 Å². The summed E-state index contributed by atoms with van der Waals surface area (Å²) in [7, 11) is 3.35. The Kier molecular flexibility index (Phi) is 8.34. The number of aromatic nitrogens is 3. The number of nitrogens with one attached hydrogen (secondary N) is 2. The molecule has 0 atom stereocenters. The Hall–Kier alpha value is -3.28. The van der Waals surface area contributed by atoms with Crippen LogP contribution in [-0.2, 0) is 4.74 Å². The first-order valence-corrected chi connectivity index (χ1v) is 12.7. The predicted octanol–water partition coefficient (Wildman–Crippen LogP) is 3.63. The average molecular weight is 512 g/mol. The van der Waals surface area contributed by atoms with E-state index in [9.17, 15) is 4.79 Å². The molecule has 36 heavy (non-hydrogen) atoms. The number of hydrogen-bond donors (Lipinski definition) is 2. The van der Waals surface area contributed by atoms with Crippen LogP contribution in [0.5, 0.6) is 5.75 Å². The molecule has 1 aromatic carbocycles. The maximum absolute atomic E-state index is 12.9. The van der Waals surface area contributed by atoms with Crippen LogP contribution in [0.4, 0.5) is 22.5 Å². The van der Waals surface area contributed by atoms with Crippen molar-refractivity contribution in [3.05, 3.63) is 46.2 Å². The number of carbonyl (C=O) groups excluding carboxylic acids is 1. The number of benzene rings is 1. The fourth-order valence-electron chi connectivity index (χ4n) is 4.16. The van der Waals surface area contributed by atoms with Crippen LogP contribution < -0.4 is 20.3 Å². The van der Waals surface area contributed by atoms with E-state index in [2.05, 4.69) is 35.4 Å². The lowest BCUT2D eigenvalue weighted by atomic mass is 10.1. The van der Waals surface area contributed by atoms with Gasteiger partial charge >= 0.3 is 0 Å². The van der Waals surface area contributed by atoms with Gasteiger partial charge in [-0.25, -0.2) is 15.0 Å². The van der Waals surface area contributed by atoms with Crippen LogP contribution in [0.1, 0.15) is 26.6 Å². The highest BCUT2D eigenvalue weighted by Crippen LogP contribution is 2.30. The van der Waals surface area contributed by atoms with Gasteiger partial charge in [0.2, 0.25) is 0 Å². The summed E-state index contributed by atoms with van der Waals surface area (Å²) in [5.41, 5.74) is 2.60. The maximum Gasteiger partial charge on any atom is 0.267 e. The molecular formula is C25H33N7O3S. The largest absolute Gasteiger partial charge is 0.496 e. The number of nitrogens with zero attached hydrogens (tertiary/aromatic N) is 5. The van der Waals surface area contributed by atoms with Gasteiger partial charge in [-0.2, -0.15) is 0 Å². The number of amides is 1. The number of rotatable bonds is 9. The minimum Gasteiger partial charge on any atom is -0.496 e. The van der Waals surface area contributed by atoms with Gasteiger partial charge < -0.3 is 25.0 Å². The molecule has 4 rings (SSSR count). The van der Waals surface area contributed by atoms with Gasteiger partial charge in [-0.1, -0.05) is 17.4 Å². The molecule has 1 fully saturated rings. The smallest absolute Gasteiger partial charge is 0.267 e. The summed E-state index contributed by atoms with van der Waals surface area (Å²) in [5.74, 6) is 2.73. The lowest BCUT2D eigenvalue weighted by molar-refractivity contribution is 0.103. The van der Waals surface area contributed by atoms with Crippen LogP contribution in [0.25, 0.3) is 0 Å². The van der Waals surface area contributed by atoms with Gasteiger partial charge in [0, 0.05) is 51.5 Å². The highest BCUT2D eigenvalue weighted by Gasteiger charge is 2.20. The quantitative estimate of drug-likeness (QED) is 0.446. The molecule has 1 amide bonds. The molecule has 11 heteroatoms. The van der Waals surface area contributed by atoms with Gasteiger partial charge in [0.15, 0.2) is 5.13 Å². The standard InChI is InChI=1S/C25H33N7O3S/c1-16-6-7-19(35-5)17(2)23(16)30-24(33)20-15-26-25(36-20)29-21-14-22(28-18(3)27-21)32-10-8-31(9-11-32)12-13-34-4/h6-7,14-15H,8-13H2,1-5H3,(H,30,33)(H,26,27,28,29). The summed E-state index contributed by atoms with van der Waals surface area (Å²) in [6.07, 6.45) is 1.57. The Bertz CT molecular complexity index is 1210. The Labute approximate surface area is 215 Å². The third-order valence-electron chi connectivity index (χ3n) is 6.18. The van der Waals surface area contributed by atoms with Gasteiger partial charge in [0.05, 0.1) is 25.6 Å². The third kappa shape index (κ3) is 6.10. The second kappa shape index (κ2) is 11.6. The second-order valence-electron chi connectivity index (χ2n) is 8.67. The zero-order valence-electron chi connectivity index (χ0n) is 21.4. The van der Waals surface area contributed by atoms with Crippen LogP contribution >= 0.6 is 11.3 Å². The number of piperazine rings is 1. The maximum atomic E-state index is 12.9. The normalized spacial score (nSPS) is 14.1. The number of carbonyl (C=O) groups is 1. The van der Waals surface area contributed by atoms with Crippen LogP contribution in [0.2, 0.25) is 0 Å². The fourth-order valence-corrected chi connectivity index (χ4v) is 4.88. The molecule has 192 valence electrons. The molecule has 1 aliphatic heterocycles. The molecule has 3 aromatic rings. The Morgan fingerprint density at radius 1 is 1.11 bits per heavy atom. The van der Waals surface area contributed by atoms with E-state index in [0.29, 0.717) is 21.7 Å². The van der Waals surface area contributed by atoms with Crippen LogP contribution in [0.15, 0.2) is 24.4 Å². The average Bonchev–Trinajstić information content (AvgIpc) is 3.34. The first-order valence-electron chi connectivity index (χ1n) is 11.9. The Morgan fingerprint density at radius 3 is 2.61 bits per heavy atom. The van der Waals surface area contributed by atoms with Crippen molar-refractivity contribution in [2.45, 2.75) is 20.8 Å². The molecule has 1 aliphatic rings. The van der Waals surface area contributed by atoms with Gasteiger partial charge in [-0.05, 0) is 32.4 Å². The van der Waals surface area contributed by atoms with E-state index < -0.39 is 0 Å². The van der Waals surface area contributed by atoms with Gasteiger partial charge in [-0.3, -0.25) is 9.69 Å². The van der Waals surface area contributed by atoms with Crippen LogP contribution in [-0.4, -0.2) is 79.3 Å². The summed E-state index contributed by atoms with van der Waals surface area (Å²) < 4.78 is 10.6. The number of methoxy groups -OCH3 is 2. The van der Waals surface area contributed by atoms with E-state index in [4.69, 9.17) is 9.47 Å². The van der Waals surface area contributed by atoms with Crippen molar-refractivity contribution in [2.75, 3.05) is 69.1 Å². The summed E-state index contributed by atoms with van der Waals surface area (Å²) in [6.45, 7) is 11.2. The van der Waals surface area contributed by atoms with E-state index in [1.165, 1.54) is 11.3 Å². The first kappa shape index (κ1) is 25.8. The first-order chi connectivity index (χ1) is 17.4. The monoisotopic (exact) mass is 511 g/mol. The molecule has 3 heterocycles. The molecule has 0 bridgehead atoms. The molecule has 10 nitrogen and oxygen atoms in total. The second-order valence-corrected chi connectivity index (χ2v) is 9.70. The minimum absolute atomic E-state index is 0.217. The fraction of sp³-hybridized carbons (Fsp3) is 0.440. The molecule has 2 N–H and O–H groups in total. The van der Waals surface area contributed by atoms with Crippen molar-refractivity contribution in [3.8, 4) is 5.75 Å². The van der Waals surface area contributed by atoms with E-state index >= 15 is 0 Å². The Balaban J connectivity index is 1.42. The van der Waals surface area contributed by atoms with E-state index in [-0.39, 0.29) is 5.91 Å². The molecule has 0 unspecified atom stereocenters. The van der Waals surface area contributed by atoms with Crippen molar-refractivity contribution in [3.63, 3.8) is 0 Å². The molecule has 0 saturated carbocycles. The third-order valence-corrected chi connectivity index (χ3v) is 7.09. The molecule has 1 saturated heterocycles. The number of aryl methyl sites for hydroxylation is 2. The van der Waals surface area contributed by atoms with Crippen molar-refractivity contribution in [2.24, 2.45) is 0 Å². The molecule has 0 spiro atoms. The zero-order valence-corrected chi connectivity index (χ0v) is 22.2. The molecule has 0 radical (unpaired) electrons. The van der Waals surface area contributed by atoms with Crippen molar-refractivity contribution >= 4 is 39.7 Å². The number of anilines is 4. The van der Waals surface area contributed by atoms with Crippen molar-refractivity contribution in [1.29, 1.82) is 0 Å². The van der Waals surface area contributed by atoms with E-state index in [0.717, 1.165) is 67.7 Å². The van der Waals surface area contributed by atoms with Crippen LogP contribution in [0, 0.1) is 20.8 Å². The molecule has 2 aromatic heterocycles. The summed E-state index contributed by atoms with van der Waals surface area (Å²) >= 11 is 1.27. The Morgan fingerprint density at radius 2 is 1.89 bits per heavy atom. The number of hydrogen-bond acceptors (Lipinski definition) is 10. The van der Waals surface area contributed by atoms with E-state index in [1.54, 1.807) is 20.4 Å². The van der Waals surface area contributed by atoms with E-state index in [1.807, 2.05) is 39.0 Å². The lowest BCUT2D eigenvalue weighted by Crippen LogP contribution is -2.47. The summed E-state index contributed by atoms with van der Waals surface area (Å²) in [6, 6.07) is 5.76. The highest BCUT2D eigenvalue weighted by atomic mass is 32.1. The number of thiazole rings is 1. The highest BCUT2D eigenvalue weighted by molar-refractivity contribution is 7.17. The zero-order chi connectivity index (χ0) is 25.7. The number of ether oxygens (including phenoxy) is 2. The van der Waals surface area contributed by atoms with Crippen LogP contribution in [0.3, 0.4) is 0 Å². The SMILES string of the molecule is COCCN1CCN(c2cc(Nc3ncc(C(=O)Nc4c(C)ccc(OC)c4C)s3)nc(C)n2)CC1. The lowest BCUT2D eigenvalue weighted by Gasteiger charge is -2.35. The molecular weight excluding hydrogens is 478 g/mol. The minimum atomic E-state index is -0.217. The van der Waals surface area contributed by atoms with Crippen molar-refractivity contribution < 1.29 is 14.3 Å². The van der Waals surface area contributed by atoms with Gasteiger partial charge in [-0.15, -0.1) is 0 Å². The van der Waals surface area contributed by atoms with Gasteiger partial charge in [0.1, 0.15) is 28.1 Å². The predicted molar refractivity (Wildman–Crippen MR) is 143 cm³/mol. The summed E-state index contributed by atoms with van der Waals surface area (Å²) in [4.78, 5) is 31.6. The topological polar surface area (TPSA) is 105 Å². The summed E-state index contributed by atoms with van der Waals surface area (Å²) in [5, 5.41) is 6.84. The van der Waals surface area contributed by atoms with Gasteiger partial charge in [0.25, 0.3) is 5.91 Å².